The highest BCUT2D eigenvalue weighted by Crippen LogP contribution is 2.44. The number of hydrogen-bond acceptors (Lipinski definition) is 3. The number of H-pyrrole nitrogens is 1. The van der Waals surface area contributed by atoms with Crippen molar-refractivity contribution in [3.63, 3.8) is 0 Å². The van der Waals surface area contributed by atoms with Crippen LogP contribution in [0.25, 0.3) is 22.0 Å². The molecule has 6 heteroatoms. The zero-order valence-electron chi connectivity index (χ0n) is 17.5. The average molecular weight is 445 g/mol. The van der Waals surface area contributed by atoms with E-state index in [1.165, 1.54) is 0 Å². The van der Waals surface area contributed by atoms with Gasteiger partial charge < -0.3 is 10.7 Å². The molecule has 1 aromatic heterocycles. The number of fused-ring (bicyclic) bond motifs is 1. The number of nitrogens with one attached hydrogen (secondary N) is 1. The number of nitrogens with two attached hydrogens (primary N) is 1. The Hall–Kier alpha value is -3.38. The molecule has 4 aromatic rings. The minimum atomic E-state index is -3.21. The first-order valence-electron chi connectivity index (χ1n) is 10.7. The largest absolute Gasteiger partial charge is 0.366 e. The molecule has 0 bridgehead atoms. The number of sulfone groups is 1. The molecule has 0 radical (unpaired) electrons. The molecule has 162 valence electrons. The number of carbonyl (C=O) groups excluding carboxylic acids is 1. The summed E-state index contributed by atoms with van der Waals surface area (Å²) >= 11 is 0. The number of rotatable bonds is 4. The van der Waals surface area contributed by atoms with Gasteiger partial charge in [-0.15, -0.1) is 0 Å². The van der Waals surface area contributed by atoms with E-state index in [0.29, 0.717) is 23.9 Å². The molecule has 1 fully saturated rings. The van der Waals surface area contributed by atoms with Crippen molar-refractivity contribution in [2.24, 2.45) is 5.73 Å². The van der Waals surface area contributed by atoms with Crippen LogP contribution in [0.5, 0.6) is 0 Å². The predicted octanol–water partition coefficient (Wildman–Crippen LogP) is 4.97. The number of carbonyl (C=O) groups is 1. The van der Waals surface area contributed by atoms with Crippen molar-refractivity contribution >= 4 is 26.6 Å². The molecule has 3 aromatic carbocycles. The highest BCUT2D eigenvalue weighted by atomic mass is 32.2. The Morgan fingerprint density at radius 1 is 0.938 bits per heavy atom. The monoisotopic (exact) mass is 444 g/mol. The van der Waals surface area contributed by atoms with Gasteiger partial charge in [-0.3, -0.25) is 4.79 Å². The number of aromatic nitrogens is 1. The lowest BCUT2D eigenvalue weighted by Crippen LogP contribution is -2.26. The number of aromatic amines is 1. The normalized spacial score (nSPS) is 20.2. The topological polar surface area (TPSA) is 93.0 Å². The second kappa shape index (κ2) is 7.95. The third-order valence-corrected chi connectivity index (χ3v) is 8.62. The van der Waals surface area contributed by atoms with Gasteiger partial charge in [0.25, 0.3) is 5.91 Å². The molecule has 3 N–H and O–H groups in total. The van der Waals surface area contributed by atoms with Crippen molar-refractivity contribution in [2.45, 2.75) is 24.0 Å². The summed E-state index contributed by atoms with van der Waals surface area (Å²) in [7, 11) is -3.21. The number of primary amides is 1. The van der Waals surface area contributed by atoms with Gasteiger partial charge in [0.15, 0.2) is 9.84 Å². The van der Waals surface area contributed by atoms with Crippen LogP contribution in [0.2, 0.25) is 0 Å². The molecule has 2 heterocycles. The first-order valence-corrected chi connectivity index (χ1v) is 12.4. The van der Waals surface area contributed by atoms with Gasteiger partial charge in [-0.25, -0.2) is 8.42 Å². The van der Waals surface area contributed by atoms with E-state index in [9.17, 15) is 13.2 Å². The van der Waals surface area contributed by atoms with Crippen LogP contribution < -0.4 is 5.73 Å². The Kier molecular flexibility index (Phi) is 5.10. The second-order valence-electron chi connectivity index (χ2n) is 8.41. The molecule has 32 heavy (non-hydrogen) atoms. The lowest BCUT2D eigenvalue weighted by atomic mass is 9.88. The summed E-state index contributed by atoms with van der Waals surface area (Å²) in [6.07, 6.45) is 2.98. The fourth-order valence-electron chi connectivity index (χ4n) is 4.85. The lowest BCUT2D eigenvalue weighted by Gasteiger charge is -2.29. The van der Waals surface area contributed by atoms with Crippen LogP contribution in [0, 0.1) is 0 Å². The van der Waals surface area contributed by atoms with Gasteiger partial charge in [0.2, 0.25) is 0 Å². The SMILES string of the molecule is NC(=O)c1cc(-c2ccccc2)cc2c(C3CCS(=O)(=O)C(c4ccccc4)C3)c[nH]c12. The van der Waals surface area contributed by atoms with Gasteiger partial charge in [-0.2, -0.15) is 0 Å². The van der Waals surface area contributed by atoms with E-state index in [1.807, 2.05) is 72.9 Å². The molecule has 0 spiro atoms. The lowest BCUT2D eigenvalue weighted by molar-refractivity contribution is 0.100. The fourth-order valence-corrected chi connectivity index (χ4v) is 6.84. The number of hydrogen-bond donors (Lipinski definition) is 2. The maximum atomic E-state index is 12.9. The first-order chi connectivity index (χ1) is 15.4. The first kappa shape index (κ1) is 20.5. The average Bonchev–Trinajstić information content (AvgIpc) is 3.23. The molecule has 1 saturated heterocycles. The summed E-state index contributed by atoms with van der Waals surface area (Å²) in [5, 5.41) is 0.400. The zero-order chi connectivity index (χ0) is 22.3. The van der Waals surface area contributed by atoms with Crippen LogP contribution in [0.3, 0.4) is 0 Å². The Balaban J connectivity index is 1.61. The summed E-state index contributed by atoms with van der Waals surface area (Å²) in [5.74, 6) is -0.288. The van der Waals surface area contributed by atoms with Gasteiger partial charge in [0.05, 0.1) is 22.1 Å². The molecule has 0 saturated carbocycles. The molecular formula is C26H24N2O3S. The minimum absolute atomic E-state index is 0.0595. The molecule has 5 rings (SSSR count). The summed E-state index contributed by atoms with van der Waals surface area (Å²) in [4.78, 5) is 15.5. The summed E-state index contributed by atoms with van der Waals surface area (Å²) < 4.78 is 25.7. The summed E-state index contributed by atoms with van der Waals surface area (Å²) in [5.41, 5.74) is 10.6. The smallest absolute Gasteiger partial charge is 0.250 e. The van der Waals surface area contributed by atoms with E-state index in [2.05, 4.69) is 11.1 Å². The van der Waals surface area contributed by atoms with Crippen LogP contribution in [0.4, 0.5) is 0 Å². The van der Waals surface area contributed by atoms with Gasteiger partial charge in [-0.1, -0.05) is 60.7 Å². The van der Waals surface area contributed by atoms with Crippen LogP contribution in [0.1, 0.15) is 45.5 Å². The Morgan fingerprint density at radius 2 is 1.62 bits per heavy atom. The van der Waals surface area contributed by atoms with E-state index >= 15 is 0 Å². The molecule has 2 atom stereocenters. The summed E-state index contributed by atoms with van der Waals surface area (Å²) in [6, 6.07) is 23.2. The van der Waals surface area contributed by atoms with Crippen molar-refractivity contribution in [3.05, 3.63) is 95.7 Å². The van der Waals surface area contributed by atoms with Gasteiger partial charge in [-0.05, 0) is 53.1 Å². The second-order valence-corrected chi connectivity index (χ2v) is 10.7. The third-order valence-electron chi connectivity index (χ3n) is 6.49. The Morgan fingerprint density at radius 3 is 2.31 bits per heavy atom. The molecular weight excluding hydrogens is 420 g/mol. The van der Waals surface area contributed by atoms with E-state index in [1.54, 1.807) is 0 Å². The van der Waals surface area contributed by atoms with Crippen molar-refractivity contribution in [1.29, 1.82) is 0 Å². The number of benzene rings is 3. The van der Waals surface area contributed by atoms with E-state index in [4.69, 9.17) is 5.73 Å². The maximum Gasteiger partial charge on any atom is 0.250 e. The van der Waals surface area contributed by atoms with E-state index in [0.717, 1.165) is 27.6 Å². The number of amides is 1. The van der Waals surface area contributed by atoms with Crippen molar-refractivity contribution in [3.8, 4) is 11.1 Å². The van der Waals surface area contributed by atoms with E-state index in [-0.39, 0.29) is 11.7 Å². The Labute approximate surface area is 187 Å². The van der Waals surface area contributed by atoms with Crippen molar-refractivity contribution in [2.75, 3.05) is 5.75 Å². The van der Waals surface area contributed by atoms with Crippen molar-refractivity contribution < 1.29 is 13.2 Å². The van der Waals surface area contributed by atoms with Crippen LogP contribution in [-0.2, 0) is 9.84 Å². The third kappa shape index (κ3) is 3.60. The molecule has 1 aliphatic rings. The van der Waals surface area contributed by atoms with Gasteiger partial charge in [0.1, 0.15) is 0 Å². The minimum Gasteiger partial charge on any atom is -0.366 e. The zero-order valence-corrected chi connectivity index (χ0v) is 18.3. The van der Waals surface area contributed by atoms with Crippen LogP contribution >= 0.6 is 0 Å². The highest BCUT2D eigenvalue weighted by molar-refractivity contribution is 7.91. The molecule has 0 aliphatic carbocycles. The fraction of sp³-hybridized carbons (Fsp3) is 0.192. The molecule has 5 nitrogen and oxygen atoms in total. The quantitative estimate of drug-likeness (QED) is 0.465. The Bertz CT molecular complexity index is 1390. The standard InChI is InChI=1S/C26H24N2O3S/c27-26(29)22-14-20(17-7-3-1-4-8-17)13-21-23(16-28-25(21)22)19-11-12-32(30,31)24(15-19)18-9-5-2-6-10-18/h1-10,13-14,16,19,24,28H,11-12,15H2,(H2,27,29). The van der Waals surface area contributed by atoms with E-state index < -0.39 is 21.0 Å². The summed E-state index contributed by atoms with van der Waals surface area (Å²) in [6.45, 7) is 0. The van der Waals surface area contributed by atoms with Crippen LogP contribution in [-0.4, -0.2) is 25.1 Å². The predicted molar refractivity (Wildman–Crippen MR) is 127 cm³/mol. The molecule has 1 aliphatic heterocycles. The molecule has 2 unspecified atom stereocenters. The van der Waals surface area contributed by atoms with Gasteiger partial charge in [0, 0.05) is 11.6 Å². The van der Waals surface area contributed by atoms with Crippen molar-refractivity contribution in [1.82, 2.24) is 4.98 Å². The van der Waals surface area contributed by atoms with Crippen LogP contribution in [0.15, 0.2) is 79.0 Å². The highest BCUT2D eigenvalue weighted by Gasteiger charge is 2.36. The maximum absolute atomic E-state index is 12.9. The molecule has 1 amide bonds. The van der Waals surface area contributed by atoms with Gasteiger partial charge >= 0.3 is 0 Å².